The van der Waals surface area contributed by atoms with Gasteiger partial charge in [-0.3, -0.25) is 14.4 Å². The molecule has 1 aliphatic heterocycles. The highest BCUT2D eigenvalue weighted by Gasteiger charge is 2.48. The first-order valence-electron chi connectivity index (χ1n) is 14.9. The van der Waals surface area contributed by atoms with Crippen LogP contribution in [0.5, 0.6) is 5.75 Å². The smallest absolute Gasteiger partial charge is 0.262 e. The molecule has 0 spiro atoms. The second kappa shape index (κ2) is 11.5. The maximum absolute atomic E-state index is 13.9. The number of carbonyl (C=O) groups excluding carboxylic acids is 3. The van der Waals surface area contributed by atoms with Gasteiger partial charge in [0.15, 0.2) is 18.2 Å². The van der Waals surface area contributed by atoms with Crippen molar-refractivity contribution in [1.82, 2.24) is 4.90 Å². The minimum Gasteiger partial charge on any atom is -0.483 e. The van der Waals surface area contributed by atoms with Gasteiger partial charge in [-0.15, -0.1) is 0 Å². The van der Waals surface area contributed by atoms with Crippen molar-refractivity contribution in [3.05, 3.63) is 80.6 Å². The molecule has 1 heterocycles. The van der Waals surface area contributed by atoms with Crippen LogP contribution in [0.1, 0.15) is 83.8 Å². The number of hydrogen-bond acceptors (Lipinski definition) is 5. The number of nitrogens with zero attached hydrogens (tertiary/aromatic N) is 1. The highest BCUT2D eigenvalue weighted by Crippen LogP contribution is 2.54. The van der Waals surface area contributed by atoms with E-state index in [1.54, 1.807) is 0 Å². The van der Waals surface area contributed by atoms with E-state index in [-0.39, 0.29) is 34.9 Å². The molecule has 7 heteroatoms. The van der Waals surface area contributed by atoms with Crippen molar-refractivity contribution >= 4 is 39.1 Å². The van der Waals surface area contributed by atoms with Crippen LogP contribution in [0.3, 0.4) is 0 Å². The zero-order valence-corrected chi connectivity index (χ0v) is 27.1. The number of rotatable bonds is 7. The molecule has 0 atom stereocenters. The van der Waals surface area contributed by atoms with Crippen molar-refractivity contribution in [2.24, 2.45) is 10.8 Å². The number of halogens is 1. The summed E-state index contributed by atoms with van der Waals surface area (Å²) in [5, 5.41) is 2.86. The summed E-state index contributed by atoms with van der Waals surface area (Å²) in [5.74, 6) is 0.111. The Kier molecular flexibility index (Phi) is 8.27. The van der Waals surface area contributed by atoms with Crippen LogP contribution in [-0.4, -0.2) is 35.5 Å². The van der Waals surface area contributed by atoms with Crippen molar-refractivity contribution in [2.75, 3.05) is 18.5 Å². The number of benzene rings is 2. The van der Waals surface area contributed by atoms with Gasteiger partial charge in [0.05, 0.1) is 4.47 Å². The van der Waals surface area contributed by atoms with Gasteiger partial charge in [0.1, 0.15) is 5.75 Å². The molecule has 5 rings (SSSR count). The van der Waals surface area contributed by atoms with Crippen molar-refractivity contribution < 1.29 is 19.1 Å². The molecule has 0 unspecified atom stereocenters. The molecule has 0 radical (unpaired) electrons. The second-order valence-electron chi connectivity index (χ2n) is 13.6. The number of Topliss-reactive ketones (excluding diaryl/α,β-unsaturated/α-hetero) is 2. The van der Waals surface area contributed by atoms with Crippen molar-refractivity contribution in [2.45, 2.75) is 79.6 Å². The summed E-state index contributed by atoms with van der Waals surface area (Å²) >= 11 is 3.65. The number of aryl methyl sites for hydroxylation is 1. The van der Waals surface area contributed by atoms with Gasteiger partial charge in [-0.1, -0.05) is 52.8 Å². The number of ether oxygens (including phenoxy) is 1. The molecule has 2 aromatic rings. The monoisotopic (exact) mass is 632 g/mol. The Morgan fingerprint density at radius 2 is 1.57 bits per heavy atom. The van der Waals surface area contributed by atoms with Crippen LogP contribution < -0.4 is 10.1 Å². The number of ketones is 2. The fourth-order valence-electron chi connectivity index (χ4n) is 6.75. The molecular weight excluding hydrogens is 592 g/mol. The molecule has 2 aliphatic carbocycles. The SMILES string of the molecule is CCCN1C2=C(C(=O)CC(C)(C)C2)C(c2ccc(OCC(=O)Nc3cccc(C)c3)c(Br)c2)C2=C1CC(C)(C)CC2=O. The molecular formula is C35H41BrN2O4. The fraction of sp³-hybridized carbons (Fsp3) is 0.457. The normalized spacial score (nSPS) is 19.9. The van der Waals surface area contributed by atoms with E-state index in [9.17, 15) is 14.4 Å². The standard InChI is InChI=1S/C35H41BrN2O4/c1-7-13-38-25-16-34(3,4)18-27(39)32(25)31(33-26(38)17-35(5,6)19-28(33)40)22-11-12-29(24(36)15-22)42-20-30(41)37-23-10-8-9-21(2)14-23/h8-12,14-15,31H,7,13,16-20H2,1-6H3,(H,37,41). The first-order chi connectivity index (χ1) is 19.8. The Bertz CT molecular complexity index is 1460. The average molecular weight is 634 g/mol. The van der Waals surface area contributed by atoms with E-state index in [2.05, 4.69) is 60.8 Å². The lowest BCUT2D eigenvalue weighted by Crippen LogP contribution is -2.44. The molecule has 2 aromatic carbocycles. The van der Waals surface area contributed by atoms with Crippen LogP contribution in [0.15, 0.2) is 69.5 Å². The van der Waals surface area contributed by atoms with Gasteiger partial charge in [0.25, 0.3) is 5.91 Å². The summed E-state index contributed by atoms with van der Waals surface area (Å²) in [4.78, 5) is 42.6. The van der Waals surface area contributed by atoms with Gasteiger partial charge >= 0.3 is 0 Å². The number of hydrogen-bond donors (Lipinski definition) is 1. The number of allylic oxidation sites excluding steroid dienone is 4. The fourth-order valence-corrected chi connectivity index (χ4v) is 7.26. The third-order valence-corrected chi connectivity index (χ3v) is 9.04. The Balaban J connectivity index is 1.49. The zero-order valence-electron chi connectivity index (χ0n) is 25.5. The number of nitrogens with one attached hydrogen (secondary N) is 1. The minimum absolute atomic E-state index is 0.126. The topological polar surface area (TPSA) is 75.7 Å². The Labute approximate surface area is 257 Å². The molecule has 222 valence electrons. The Morgan fingerprint density at radius 3 is 2.12 bits per heavy atom. The van der Waals surface area contributed by atoms with Crippen LogP contribution in [0.4, 0.5) is 5.69 Å². The van der Waals surface area contributed by atoms with Crippen LogP contribution in [-0.2, 0) is 14.4 Å². The molecule has 1 N–H and O–H groups in total. The van der Waals surface area contributed by atoms with Gasteiger partial charge in [0.2, 0.25) is 0 Å². The van der Waals surface area contributed by atoms with Crippen LogP contribution in [0.2, 0.25) is 0 Å². The summed E-state index contributed by atoms with van der Waals surface area (Å²) in [6.45, 7) is 13.4. The second-order valence-corrected chi connectivity index (χ2v) is 14.4. The lowest BCUT2D eigenvalue weighted by Gasteiger charge is -2.49. The molecule has 0 saturated heterocycles. The number of amides is 1. The maximum atomic E-state index is 13.9. The van der Waals surface area contributed by atoms with Crippen molar-refractivity contribution in [1.29, 1.82) is 0 Å². The van der Waals surface area contributed by atoms with Gasteiger partial charge < -0.3 is 15.0 Å². The van der Waals surface area contributed by atoms with E-state index in [1.165, 1.54) is 0 Å². The van der Waals surface area contributed by atoms with E-state index < -0.39 is 5.92 Å². The summed E-state index contributed by atoms with van der Waals surface area (Å²) in [7, 11) is 0. The third-order valence-electron chi connectivity index (χ3n) is 8.42. The molecule has 42 heavy (non-hydrogen) atoms. The van der Waals surface area contributed by atoms with Crippen molar-refractivity contribution in [3.8, 4) is 5.75 Å². The van der Waals surface area contributed by atoms with Crippen LogP contribution in [0, 0.1) is 17.8 Å². The van der Waals surface area contributed by atoms with Gasteiger partial charge in [0, 0.05) is 53.5 Å². The van der Waals surface area contributed by atoms with Gasteiger partial charge in [-0.05, 0) is 88.3 Å². The summed E-state index contributed by atoms with van der Waals surface area (Å²) in [6, 6.07) is 13.3. The molecule has 1 amide bonds. The lowest BCUT2D eigenvalue weighted by molar-refractivity contribution is -0.120. The quantitative estimate of drug-likeness (QED) is 0.336. The molecule has 0 bridgehead atoms. The van der Waals surface area contributed by atoms with Crippen molar-refractivity contribution in [3.63, 3.8) is 0 Å². The molecule has 3 aliphatic rings. The first-order valence-corrected chi connectivity index (χ1v) is 15.7. The predicted octanol–water partition coefficient (Wildman–Crippen LogP) is 7.87. The summed E-state index contributed by atoms with van der Waals surface area (Å²) in [5.41, 5.74) is 6.08. The van der Waals surface area contributed by atoms with E-state index >= 15 is 0 Å². The number of anilines is 1. The first kappa shape index (κ1) is 30.3. The molecule has 6 nitrogen and oxygen atoms in total. The van der Waals surface area contributed by atoms with E-state index in [0.717, 1.165) is 65.2 Å². The minimum atomic E-state index is -0.412. The van der Waals surface area contributed by atoms with E-state index in [1.807, 2.05) is 49.4 Å². The third kappa shape index (κ3) is 6.12. The summed E-state index contributed by atoms with van der Waals surface area (Å²) in [6.07, 6.45) is 3.45. The molecule has 0 fully saturated rings. The highest BCUT2D eigenvalue weighted by atomic mass is 79.9. The largest absolute Gasteiger partial charge is 0.483 e. The lowest BCUT2D eigenvalue weighted by atomic mass is 9.63. The maximum Gasteiger partial charge on any atom is 0.262 e. The van der Waals surface area contributed by atoms with E-state index in [4.69, 9.17) is 4.74 Å². The van der Waals surface area contributed by atoms with Crippen LogP contribution in [0.25, 0.3) is 0 Å². The predicted molar refractivity (Wildman–Crippen MR) is 169 cm³/mol. The van der Waals surface area contributed by atoms with Gasteiger partial charge in [-0.25, -0.2) is 0 Å². The molecule has 0 saturated carbocycles. The van der Waals surface area contributed by atoms with Crippen LogP contribution >= 0.6 is 15.9 Å². The Hall–Kier alpha value is -3.19. The molecule has 0 aromatic heterocycles. The number of carbonyl (C=O) groups is 3. The zero-order chi connectivity index (χ0) is 30.4. The summed E-state index contributed by atoms with van der Waals surface area (Å²) < 4.78 is 6.55. The average Bonchev–Trinajstić information content (AvgIpc) is 2.87. The Morgan fingerprint density at radius 1 is 0.952 bits per heavy atom. The van der Waals surface area contributed by atoms with E-state index in [0.29, 0.717) is 23.1 Å². The van der Waals surface area contributed by atoms with Gasteiger partial charge in [-0.2, -0.15) is 0 Å². The highest BCUT2D eigenvalue weighted by molar-refractivity contribution is 9.10.